The highest BCUT2D eigenvalue weighted by Gasteiger charge is 2.14. The Morgan fingerprint density at radius 2 is 2.18 bits per heavy atom. The fourth-order valence-corrected chi connectivity index (χ4v) is 2.41. The van der Waals surface area contributed by atoms with Crippen LogP contribution in [0.1, 0.15) is 10.7 Å². The van der Waals surface area contributed by atoms with Crippen molar-refractivity contribution in [3.8, 4) is 17.5 Å². The molecule has 82 valence electrons. The fraction of sp³-hybridized carbons (Fsp3) is 0.0833. The van der Waals surface area contributed by atoms with Gasteiger partial charge in [0.1, 0.15) is 6.07 Å². The Labute approximate surface area is 102 Å². The summed E-state index contributed by atoms with van der Waals surface area (Å²) in [4.78, 5) is 7.50. The highest BCUT2D eigenvalue weighted by molar-refractivity contribution is 7.06. The van der Waals surface area contributed by atoms with Crippen molar-refractivity contribution in [2.24, 2.45) is 0 Å². The zero-order valence-electron chi connectivity index (χ0n) is 9.06. The Morgan fingerprint density at radius 1 is 1.35 bits per heavy atom. The first-order chi connectivity index (χ1) is 8.29. The first kappa shape index (κ1) is 10.00. The van der Waals surface area contributed by atoms with E-state index in [9.17, 15) is 0 Å². The SMILES string of the molecule is Cc1[nH]c2ccccc2c1-c1nsc(C#N)n1. The topological polar surface area (TPSA) is 65.4 Å². The van der Waals surface area contributed by atoms with Gasteiger partial charge in [0.15, 0.2) is 5.82 Å². The number of hydrogen-bond donors (Lipinski definition) is 1. The van der Waals surface area contributed by atoms with Gasteiger partial charge in [-0.05, 0) is 24.5 Å². The van der Waals surface area contributed by atoms with Crippen LogP contribution in [0.4, 0.5) is 0 Å². The predicted octanol–water partition coefficient (Wildman–Crippen LogP) is 2.87. The Hall–Kier alpha value is -2.19. The molecule has 2 heterocycles. The predicted molar refractivity (Wildman–Crippen MR) is 66.7 cm³/mol. The van der Waals surface area contributed by atoms with E-state index in [1.165, 1.54) is 0 Å². The molecule has 0 saturated heterocycles. The van der Waals surface area contributed by atoms with Crippen molar-refractivity contribution in [2.45, 2.75) is 6.92 Å². The maximum atomic E-state index is 8.78. The van der Waals surface area contributed by atoms with E-state index in [4.69, 9.17) is 5.26 Å². The quantitative estimate of drug-likeness (QED) is 0.711. The second kappa shape index (κ2) is 3.68. The van der Waals surface area contributed by atoms with Gasteiger partial charge in [-0.25, -0.2) is 4.98 Å². The van der Waals surface area contributed by atoms with Crippen LogP contribution < -0.4 is 0 Å². The number of nitriles is 1. The van der Waals surface area contributed by atoms with Crippen molar-refractivity contribution in [2.75, 3.05) is 0 Å². The molecule has 0 spiro atoms. The molecule has 0 radical (unpaired) electrons. The van der Waals surface area contributed by atoms with E-state index < -0.39 is 0 Å². The van der Waals surface area contributed by atoms with Crippen LogP contribution in [0, 0.1) is 18.3 Å². The normalized spacial score (nSPS) is 10.6. The van der Waals surface area contributed by atoms with Crippen molar-refractivity contribution >= 4 is 22.4 Å². The summed E-state index contributed by atoms with van der Waals surface area (Å²) in [6, 6.07) is 10.0. The number of para-hydroxylation sites is 1. The lowest BCUT2D eigenvalue weighted by molar-refractivity contribution is 1.25. The number of hydrogen-bond acceptors (Lipinski definition) is 4. The number of benzene rings is 1. The van der Waals surface area contributed by atoms with E-state index in [1.807, 2.05) is 37.3 Å². The fourth-order valence-electron chi connectivity index (χ4n) is 1.94. The maximum absolute atomic E-state index is 8.78. The zero-order valence-corrected chi connectivity index (χ0v) is 9.88. The monoisotopic (exact) mass is 240 g/mol. The first-order valence-electron chi connectivity index (χ1n) is 5.11. The number of rotatable bonds is 1. The van der Waals surface area contributed by atoms with Crippen molar-refractivity contribution < 1.29 is 0 Å². The van der Waals surface area contributed by atoms with Crippen LogP contribution in [0.3, 0.4) is 0 Å². The average Bonchev–Trinajstić information content (AvgIpc) is 2.91. The lowest BCUT2D eigenvalue weighted by Gasteiger charge is -1.93. The molecule has 3 aromatic rings. The molecular weight excluding hydrogens is 232 g/mol. The summed E-state index contributed by atoms with van der Waals surface area (Å²) in [5, 5.41) is 10.3. The van der Waals surface area contributed by atoms with E-state index in [-0.39, 0.29) is 0 Å². The molecule has 5 heteroatoms. The molecule has 0 bridgehead atoms. The van der Waals surface area contributed by atoms with E-state index >= 15 is 0 Å². The van der Waals surface area contributed by atoms with Crippen molar-refractivity contribution in [1.82, 2.24) is 14.3 Å². The molecule has 1 aromatic carbocycles. The minimum Gasteiger partial charge on any atom is -0.358 e. The molecule has 3 rings (SSSR count). The highest BCUT2D eigenvalue weighted by atomic mass is 32.1. The second-order valence-corrected chi connectivity index (χ2v) is 4.46. The number of aryl methyl sites for hydroxylation is 1. The van der Waals surface area contributed by atoms with Gasteiger partial charge < -0.3 is 4.98 Å². The number of nitrogens with one attached hydrogen (secondary N) is 1. The third-order valence-corrected chi connectivity index (χ3v) is 3.26. The van der Waals surface area contributed by atoms with Crippen LogP contribution in [-0.2, 0) is 0 Å². The standard InChI is InChI=1S/C12H8N4S/c1-7-11(12-15-10(6-13)17-16-12)8-4-2-3-5-9(8)14-7/h2-5,14H,1H3. The molecule has 0 aliphatic rings. The van der Waals surface area contributed by atoms with Crippen LogP contribution >= 0.6 is 11.5 Å². The minimum absolute atomic E-state index is 0.393. The van der Waals surface area contributed by atoms with Gasteiger partial charge in [-0.15, -0.1) is 0 Å². The summed E-state index contributed by atoms with van der Waals surface area (Å²) in [5.41, 5.74) is 3.07. The van der Waals surface area contributed by atoms with E-state index in [0.29, 0.717) is 10.8 Å². The van der Waals surface area contributed by atoms with Crippen molar-refractivity contribution in [3.63, 3.8) is 0 Å². The van der Waals surface area contributed by atoms with Gasteiger partial charge in [0.25, 0.3) is 0 Å². The van der Waals surface area contributed by atoms with Crippen LogP contribution in [0.15, 0.2) is 24.3 Å². The zero-order chi connectivity index (χ0) is 11.8. The van der Waals surface area contributed by atoms with Gasteiger partial charge in [-0.2, -0.15) is 9.64 Å². The van der Waals surface area contributed by atoms with Crippen LogP contribution in [0.25, 0.3) is 22.3 Å². The second-order valence-electron chi connectivity index (χ2n) is 3.71. The Kier molecular flexibility index (Phi) is 2.16. The minimum atomic E-state index is 0.393. The third kappa shape index (κ3) is 1.50. The summed E-state index contributed by atoms with van der Waals surface area (Å²) in [6.45, 7) is 1.99. The van der Waals surface area contributed by atoms with Gasteiger partial charge in [0.2, 0.25) is 5.01 Å². The molecule has 0 atom stereocenters. The van der Waals surface area contributed by atoms with E-state index in [0.717, 1.165) is 33.7 Å². The highest BCUT2D eigenvalue weighted by Crippen LogP contribution is 2.30. The Bertz CT molecular complexity index is 732. The van der Waals surface area contributed by atoms with Gasteiger partial charge in [-0.1, -0.05) is 18.2 Å². The average molecular weight is 240 g/mol. The first-order valence-corrected chi connectivity index (χ1v) is 5.88. The third-order valence-electron chi connectivity index (χ3n) is 2.64. The summed E-state index contributed by atoms with van der Waals surface area (Å²) in [6.07, 6.45) is 0. The number of H-pyrrole nitrogens is 1. The molecule has 0 aliphatic carbocycles. The Balaban J connectivity index is 2.30. The molecule has 0 amide bonds. The number of aromatic amines is 1. The number of aromatic nitrogens is 3. The molecule has 0 aliphatic heterocycles. The molecule has 1 N–H and O–H groups in total. The molecular formula is C12H8N4S. The summed E-state index contributed by atoms with van der Waals surface area (Å²) < 4.78 is 4.23. The molecule has 2 aromatic heterocycles. The van der Waals surface area contributed by atoms with Crippen molar-refractivity contribution in [1.29, 1.82) is 5.26 Å². The van der Waals surface area contributed by atoms with E-state index in [1.54, 1.807) is 0 Å². The molecule has 17 heavy (non-hydrogen) atoms. The van der Waals surface area contributed by atoms with Gasteiger partial charge in [-0.3, -0.25) is 0 Å². The number of fused-ring (bicyclic) bond motifs is 1. The Morgan fingerprint density at radius 3 is 2.94 bits per heavy atom. The van der Waals surface area contributed by atoms with Crippen LogP contribution in [0.2, 0.25) is 0 Å². The lowest BCUT2D eigenvalue weighted by atomic mass is 10.1. The van der Waals surface area contributed by atoms with Gasteiger partial charge in [0.05, 0.1) is 0 Å². The summed E-state index contributed by atoms with van der Waals surface area (Å²) in [7, 11) is 0. The maximum Gasteiger partial charge on any atom is 0.214 e. The van der Waals surface area contributed by atoms with Crippen molar-refractivity contribution in [3.05, 3.63) is 35.0 Å². The van der Waals surface area contributed by atoms with Crippen LogP contribution in [0.5, 0.6) is 0 Å². The lowest BCUT2D eigenvalue weighted by Crippen LogP contribution is -1.82. The smallest absolute Gasteiger partial charge is 0.214 e. The molecule has 0 unspecified atom stereocenters. The molecule has 0 fully saturated rings. The summed E-state index contributed by atoms with van der Waals surface area (Å²) >= 11 is 1.13. The summed E-state index contributed by atoms with van der Waals surface area (Å²) in [5.74, 6) is 0.626. The largest absolute Gasteiger partial charge is 0.358 e. The van der Waals surface area contributed by atoms with Gasteiger partial charge in [0, 0.05) is 22.2 Å². The van der Waals surface area contributed by atoms with Gasteiger partial charge >= 0.3 is 0 Å². The van der Waals surface area contributed by atoms with Crippen LogP contribution in [-0.4, -0.2) is 14.3 Å². The molecule has 4 nitrogen and oxygen atoms in total. The van der Waals surface area contributed by atoms with E-state index in [2.05, 4.69) is 14.3 Å². The number of nitrogens with zero attached hydrogens (tertiary/aromatic N) is 3. The molecule has 0 saturated carbocycles.